The Bertz CT molecular complexity index is 234. The zero-order valence-electron chi connectivity index (χ0n) is 10.3. The molecule has 0 bridgehead atoms. The predicted molar refractivity (Wildman–Crippen MR) is 75.2 cm³/mol. The minimum absolute atomic E-state index is 0.965. The fourth-order valence-electron chi connectivity index (χ4n) is 1.02. The topological polar surface area (TPSA) is 0 Å². The second-order valence-electron chi connectivity index (χ2n) is 3.44. The molecule has 0 atom stereocenters. The zero-order chi connectivity index (χ0) is 11.9. The van der Waals surface area contributed by atoms with E-state index in [1.165, 1.54) is 6.42 Å². The maximum Gasteiger partial charge on any atom is -0.0348 e. The normalized spacial score (nSPS) is 13.4. The Balaban J connectivity index is 3.60. The zero-order valence-corrected chi connectivity index (χ0v) is 10.3. The highest BCUT2D eigenvalue weighted by molar-refractivity contribution is 5.17. The summed E-state index contributed by atoms with van der Waals surface area (Å²) in [4.78, 5) is 0. The van der Waals surface area contributed by atoms with Crippen LogP contribution < -0.4 is 0 Å². The molecule has 0 aromatic rings. The van der Waals surface area contributed by atoms with Crippen molar-refractivity contribution in [3.63, 3.8) is 0 Å². The first-order valence-electron chi connectivity index (χ1n) is 6.02. The molecule has 0 rings (SSSR count). The van der Waals surface area contributed by atoms with E-state index in [4.69, 9.17) is 0 Å². The first kappa shape index (κ1) is 14.7. The van der Waals surface area contributed by atoms with Crippen LogP contribution in [0.2, 0.25) is 0 Å². The average Bonchev–Trinajstić information content (AvgIpc) is 2.31. The summed E-state index contributed by atoms with van der Waals surface area (Å²) in [5.74, 6) is 0. The fraction of sp³-hybridized carbons (Fsp3) is 0.312. The van der Waals surface area contributed by atoms with Crippen LogP contribution in [0.5, 0.6) is 0 Å². The Morgan fingerprint density at radius 1 is 0.688 bits per heavy atom. The smallest absolute Gasteiger partial charge is 0.0348 e. The van der Waals surface area contributed by atoms with Crippen molar-refractivity contribution in [1.82, 2.24) is 0 Å². The van der Waals surface area contributed by atoms with Crippen LogP contribution in [-0.4, -0.2) is 0 Å². The van der Waals surface area contributed by atoms with E-state index in [1.54, 1.807) is 0 Å². The molecule has 0 N–H and O–H groups in total. The van der Waals surface area contributed by atoms with Gasteiger partial charge in [0.1, 0.15) is 0 Å². The second-order valence-corrected chi connectivity index (χ2v) is 3.44. The summed E-state index contributed by atoms with van der Waals surface area (Å²) in [6.07, 6.45) is 25.0. The molecule has 0 amide bonds. The highest BCUT2D eigenvalue weighted by Gasteiger charge is 1.69. The molecule has 0 spiro atoms. The Kier molecular flexibility index (Phi) is 12.6. The SMILES string of the molecule is [CH2]CC/C=C/C=C/C=C/C=C/C=C/CCC. The Morgan fingerprint density at radius 3 is 1.56 bits per heavy atom. The molecule has 0 aliphatic heterocycles. The number of unbranched alkanes of at least 4 members (excludes halogenated alkanes) is 2. The lowest BCUT2D eigenvalue weighted by molar-refractivity contribution is 0.959. The largest absolute Gasteiger partial charge is 0.0845 e. The molecule has 0 aromatic carbocycles. The lowest BCUT2D eigenvalue weighted by Crippen LogP contribution is -1.59. The summed E-state index contributed by atoms with van der Waals surface area (Å²) in [6, 6.07) is 0. The van der Waals surface area contributed by atoms with Gasteiger partial charge in [-0.2, -0.15) is 0 Å². The van der Waals surface area contributed by atoms with E-state index < -0.39 is 0 Å². The summed E-state index contributed by atoms with van der Waals surface area (Å²) in [6.45, 7) is 5.95. The summed E-state index contributed by atoms with van der Waals surface area (Å²) in [5, 5.41) is 0. The summed E-state index contributed by atoms with van der Waals surface area (Å²) < 4.78 is 0. The van der Waals surface area contributed by atoms with Crippen molar-refractivity contribution in [2.45, 2.75) is 32.6 Å². The van der Waals surface area contributed by atoms with Gasteiger partial charge in [-0.05, 0) is 19.3 Å². The maximum atomic E-state index is 3.77. The van der Waals surface area contributed by atoms with Crippen LogP contribution in [0.4, 0.5) is 0 Å². The van der Waals surface area contributed by atoms with E-state index in [9.17, 15) is 0 Å². The monoisotopic (exact) mass is 215 g/mol. The van der Waals surface area contributed by atoms with Crippen molar-refractivity contribution >= 4 is 0 Å². The minimum atomic E-state index is 0.965. The molecular weight excluding hydrogens is 192 g/mol. The quantitative estimate of drug-likeness (QED) is 0.489. The van der Waals surface area contributed by atoms with E-state index >= 15 is 0 Å². The van der Waals surface area contributed by atoms with Crippen LogP contribution in [-0.2, 0) is 0 Å². The summed E-state index contributed by atoms with van der Waals surface area (Å²) >= 11 is 0. The van der Waals surface area contributed by atoms with Crippen molar-refractivity contribution in [2.75, 3.05) is 0 Å². The van der Waals surface area contributed by atoms with Gasteiger partial charge in [-0.15, -0.1) is 0 Å². The Labute approximate surface area is 101 Å². The van der Waals surface area contributed by atoms with Crippen LogP contribution >= 0.6 is 0 Å². The summed E-state index contributed by atoms with van der Waals surface area (Å²) in [7, 11) is 0. The van der Waals surface area contributed by atoms with Gasteiger partial charge in [0.05, 0.1) is 0 Å². The van der Waals surface area contributed by atoms with Crippen molar-refractivity contribution < 1.29 is 0 Å². The van der Waals surface area contributed by atoms with E-state index in [2.05, 4.69) is 44.2 Å². The van der Waals surface area contributed by atoms with Crippen LogP contribution in [0.15, 0.2) is 60.8 Å². The highest BCUT2D eigenvalue weighted by atomic mass is 13.8. The van der Waals surface area contributed by atoms with Crippen LogP contribution in [0, 0.1) is 6.92 Å². The van der Waals surface area contributed by atoms with Crippen LogP contribution in [0.25, 0.3) is 0 Å². The molecule has 0 saturated carbocycles. The fourth-order valence-corrected chi connectivity index (χ4v) is 1.02. The van der Waals surface area contributed by atoms with Gasteiger partial charge in [-0.1, -0.05) is 81.0 Å². The van der Waals surface area contributed by atoms with E-state index in [0.29, 0.717) is 0 Å². The van der Waals surface area contributed by atoms with E-state index in [1.807, 2.05) is 30.4 Å². The number of rotatable bonds is 8. The van der Waals surface area contributed by atoms with E-state index in [-0.39, 0.29) is 0 Å². The molecule has 0 aliphatic carbocycles. The number of allylic oxidation sites excluding steroid dienone is 10. The van der Waals surface area contributed by atoms with Gasteiger partial charge in [0.2, 0.25) is 0 Å². The molecule has 0 saturated heterocycles. The third kappa shape index (κ3) is 12.7. The van der Waals surface area contributed by atoms with Crippen molar-refractivity contribution in [1.29, 1.82) is 0 Å². The minimum Gasteiger partial charge on any atom is -0.0845 e. The van der Waals surface area contributed by atoms with Gasteiger partial charge in [-0.25, -0.2) is 0 Å². The molecule has 0 nitrogen and oxygen atoms in total. The summed E-state index contributed by atoms with van der Waals surface area (Å²) in [5.41, 5.74) is 0. The average molecular weight is 215 g/mol. The number of hydrogen-bond donors (Lipinski definition) is 0. The maximum absolute atomic E-state index is 3.77. The highest BCUT2D eigenvalue weighted by Crippen LogP contribution is 1.90. The van der Waals surface area contributed by atoms with Crippen molar-refractivity contribution in [3.05, 3.63) is 67.7 Å². The molecule has 0 unspecified atom stereocenters. The van der Waals surface area contributed by atoms with Crippen LogP contribution in [0.3, 0.4) is 0 Å². The molecule has 87 valence electrons. The lowest BCUT2D eigenvalue weighted by atomic mass is 10.3. The van der Waals surface area contributed by atoms with Gasteiger partial charge >= 0.3 is 0 Å². The molecule has 1 radical (unpaired) electrons. The second kappa shape index (κ2) is 13.7. The number of hydrogen-bond acceptors (Lipinski definition) is 0. The molecular formula is C16H23. The van der Waals surface area contributed by atoms with Crippen molar-refractivity contribution in [2.24, 2.45) is 0 Å². The molecule has 16 heavy (non-hydrogen) atoms. The van der Waals surface area contributed by atoms with Gasteiger partial charge < -0.3 is 0 Å². The molecule has 0 aliphatic rings. The Morgan fingerprint density at radius 2 is 1.12 bits per heavy atom. The van der Waals surface area contributed by atoms with Crippen LogP contribution in [0.1, 0.15) is 32.6 Å². The molecule has 0 aromatic heterocycles. The third-order valence-electron chi connectivity index (χ3n) is 1.88. The molecule has 0 fully saturated rings. The van der Waals surface area contributed by atoms with E-state index in [0.717, 1.165) is 19.3 Å². The predicted octanol–water partition coefficient (Wildman–Crippen LogP) is 5.18. The molecule has 0 heteroatoms. The lowest BCUT2D eigenvalue weighted by Gasteiger charge is -1.80. The third-order valence-corrected chi connectivity index (χ3v) is 1.88. The van der Waals surface area contributed by atoms with Gasteiger partial charge in [0.15, 0.2) is 0 Å². The van der Waals surface area contributed by atoms with Gasteiger partial charge in [-0.3, -0.25) is 0 Å². The molecule has 0 heterocycles. The van der Waals surface area contributed by atoms with Gasteiger partial charge in [0, 0.05) is 0 Å². The first-order valence-corrected chi connectivity index (χ1v) is 6.02. The first-order chi connectivity index (χ1) is 7.91. The van der Waals surface area contributed by atoms with Gasteiger partial charge in [0.25, 0.3) is 0 Å². The standard InChI is InChI=1S/C16H23/c1-3-5-7-9-11-13-15-16-14-12-10-8-6-4-2/h7-16H,1,3-6H2,2H3/b9-7+,10-8+,13-11+,14-12+,16-15+. The Hall–Kier alpha value is -1.30. The van der Waals surface area contributed by atoms with Crippen molar-refractivity contribution in [3.8, 4) is 0 Å².